The van der Waals surface area contributed by atoms with Crippen LogP contribution in [0.15, 0.2) is 47.3 Å². The summed E-state index contributed by atoms with van der Waals surface area (Å²) in [6.07, 6.45) is 0. The van der Waals surface area contributed by atoms with Crippen molar-refractivity contribution in [3.05, 3.63) is 62.9 Å². The first-order valence-corrected chi connectivity index (χ1v) is 7.39. The molecule has 0 radical (unpaired) electrons. The van der Waals surface area contributed by atoms with Crippen LogP contribution in [0.4, 0.5) is 16.5 Å². The van der Waals surface area contributed by atoms with Crippen LogP contribution in [-0.2, 0) is 0 Å². The molecule has 0 saturated heterocycles. The zero-order valence-corrected chi connectivity index (χ0v) is 12.8. The molecule has 0 aliphatic rings. The summed E-state index contributed by atoms with van der Waals surface area (Å²) in [5.74, 6) is 0.623. The van der Waals surface area contributed by atoms with Crippen molar-refractivity contribution in [3.63, 3.8) is 0 Å². The molecule has 116 valence electrons. The van der Waals surface area contributed by atoms with Crippen LogP contribution in [0.1, 0.15) is 0 Å². The van der Waals surface area contributed by atoms with Gasteiger partial charge in [0.1, 0.15) is 5.75 Å². The van der Waals surface area contributed by atoms with Crippen LogP contribution in [0.5, 0.6) is 5.75 Å². The van der Waals surface area contributed by atoms with Gasteiger partial charge in [-0.3, -0.25) is 14.9 Å². The second kappa shape index (κ2) is 6.01. The molecule has 0 aliphatic heterocycles. The number of hydrogen-bond donors (Lipinski definition) is 1. The minimum atomic E-state index is -0.537. The summed E-state index contributed by atoms with van der Waals surface area (Å²) in [6, 6.07) is 11.4. The van der Waals surface area contributed by atoms with E-state index in [0.29, 0.717) is 21.3 Å². The predicted octanol–water partition coefficient (Wildman–Crippen LogP) is 3.32. The summed E-state index contributed by atoms with van der Waals surface area (Å²) in [5, 5.41) is 14.5. The van der Waals surface area contributed by atoms with Gasteiger partial charge in [0.25, 0.3) is 11.2 Å². The van der Waals surface area contributed by atoms with E-state index in [2.05, 4.69) is 10.3 Å². The Morgan fingerprint density at radius 2 is 2.04 bits per heavy atom. The van der Waals surface area contributed by atoms with Crippen molar-refractivity contribution >= 4 is 37.9 Å². The number of aromatic nitrogens is 1. The smallest absolute Gasteiger partial charge is 0.281 e. The Morgan fingerprint density at radius 1 is 1.26 bits per heavy atom. The third-order valence-corrected chi connectivity index (χ3v) is 4.13. The molecule has 2 aromatic carbocycles. The van der Waals surface area contributed by atoms with Gasteiger partial charge in [-0.15, -0.1) is 0 Å². The monoisotopic (exact) mass is 329 g/mol. The molecule has 0 saturated carbocycles. The molecule has 0 spiro atoms. The van der Waals surface area contributed by atoms with Gasteiger partial charge in [0, 0.05) is 16.8 Å². The number of fused-ring (bicyclic) bond motifs is 1. The largest absolute Gasteiger partial charge is 0.495 e. The lowest BCUT2D eigenvalue weighted by Gasteiger charge is -2.09. The molecule has 0 unspecified atom stereocenters. The molecule has 1 heterocycles. The van der Waals surface area contributed by atoms with Gasteiger partial charge in [0.2, 0.25) is 0 Å². The third-order valence-electron chi connectivity index (χ3n) is 3.16. The zero-order valence-electron chi connectivity index (χ0n) is 12.0. The van der Waals surface area contributed by atoms with Gasteiger partial charge in [0.15, 0.2) is 5.13 Å². The maximum atomic E-state index is 12.1. The van der Waals surface area contributed by atoms with Crippen molar-refractivity contribution in [1.29, 1.82) is 0 Å². The van der Waals surface area contributed by atoms with E-state index < -0.39 is 10.5 Å². The first-order chi connectivity index (χ1) is 11.1. The summed E-state index contributed by atoms with van der Waals surface area (Å²) >= 11 is 1.24. The quantitative estimate of drug-likeness (QED) is 0.583. The van der Waals surface area contributed by atoms with Crippen LogP contribution in [0.3, 0.4) is 0 Å². The number of rotatable bonds is 4. The van der Waals surface area contributed by atoms with Crippen molar-refractivity contribution in [3.8, 4) is 5.75 Å². The fourth-order valence-corrected chi connectivity index (χ4v) is 2.97. The highest BCUT2D eigenvalue weighted by Crippen LogP contribution is 2.30. The molecule has 1 aromatic heterocycles. The lowest BCUT2D eigenvalue weighted by Crippen LogP contribution is -2.08. The van der Waals surface area contributed by atoms with Gasteiger partial charge < -0.3 is 10.1 Å². The lowest BCUT2D eigenvalue weighted by molar-refractivity contribution is -0.384. The van der Waals surface area contributed by atoms with Crippen molar-refractivity contribution < 1.29 is 9.66 Å². The summed E-state index contributed by atoms with van der Waals surface area (Å²) in [4.78, 5) is 26.3. The minimum absolute atomic E-state index is 0.131. The highest BCUT2D eigenvalue weighted by atomic mass is 32.1. The van der Waals surface area contributed by atoms with Crippen molar-refractivity contribution in [1.82, 2.24) is 4.98 Å². The Hall–Kier alpha value is -3.00. The molecule has 0 fully saturated rings. The van der Waals surface area contributed by atoms with Crippen molar-refractivity contribution in [2.75, 3.05) is 12.4 Å². The highest BCUT2D eigenvalue weighted by Gasteiger charge is 2.12. The number of methoxy groups -OCH3 is 1. The Bertz CT molecular complexity index is 955. The fraction of sp³-hybridized carbons (Fsp3) is 0.0667. The van der Waals surface area contributed by atoms with Gasteiger partial charge in [-0.25, -0.2) is 0 Å². The van der Waals surface area contributed by atoms with Crippen LogP contribution < -0.4 is 15.6 Å². The predicted molar refractivity (Wildman–Crippen MR) is 88.8 cm³/mol. The molecule has 0 aliphatic carbocycles. The van der Waals surface area contributed by atoms with E-state index in [1.807, 2.05) is 12.1 Å². The van der Waals surface area contributed by atoms with E-state index in [0.717, 1.165) is 0 Å². The van der Waals surface area contributed by atoms with Crippen LogP contribution >= 0.6 is 11.3 Å². The van der Waals surface area contributed by atoms with Gasteiger partial charge in [-0.05, 0) is 18.2 Å². The van der Waals surface area contributed by atoms with Gasteiger partial charge >= 0.3 is 0 Å². The molecule has 0 amide bonds. The number of ether oxygens (including phenoxy) is 1. The number of benzene rings is 2. The number of anilines is 2. The molecule has 7 nitrogen and oxygen atoms in total. The molecule has 1 N–H and O–H groups in total. The molecule has 23 heavy (non-hydrogen) atoms. The molecule has 3 rings (SSSR count). The molecule has 3 aromatic rings. The fourth-order valence-electron chi connectivity index (χ4n) is 2.08. The average Bonchev–Trinajstić information content (AvgIpc) is 2.55. The van der Waals surface area contributed by atoms with Crippen molar-refractivity contribution in [2.45, 2.75) is 0 Å². The van der Waals surface area contributed by atoms with E-state index in [4.69, 9.17) is 4.74 Å². The maximum absolute atomic E-state index is 12.1. The van der Waals surface area contributed by atoms with E-state index in [1.54, 1.807) is 25.3 Å². The molecular formula is C15H11N3O4S. The number of nitro groups is 1. The van der Waals surface area contributed by atoms with Gasteiger partial charge in [-0.2, -0.15) is 4.98 Å². The number of nitro benzene ring substituents is 1. The van der Waals surface area contributed by atoms with Crippen LogP contribution in [0.2, 0.25) is 0 Å². The van der Waals surface area contributed by atoms with Crippen molar-refractivity contribution in [2.24, 2.45) is 0 Å². The van der Waals surface area contributed by atoms with E-state index in [1.165, 1.54) is 23.5 Å². The number of nitrogens with zero attached hydrogens (tertiary/aromatic N) is 2. The lowest BCUT2D eigenvalue weighted by atomic mass is 10.2. The van der Waals surface area contributed by atoms with E-state index in [-0.39, 0.29) is 11.1 Å². The summed E-state index contributed by atoms with van der Waals surface area (Å²) in [6.45, 7) is 0. The Balaban J connectivity index is 2.05. The van der Waals surface area contributed by atoms with Crippen LogP contribution in [0.25, 0.3) is 10.1 Å². The Labute approximate surface area is 134 Å². The van der Waals surface area contributed by atoms with Crippen LogP contribution in [-0.4, -0.2) is 17.0 Å². The second-order valence-electron chi connectivity index (χ2n) is 4.59. The average molecular weight is 329 g/mol. The van der Waals surface area contributed by atoms with Gasteiger partial charge in [-0.1, -0.05) is 23.5 Å². The standard InChI is InChI=1S/C15H11N3O4S/c1-22-12-5-3-2-4-11(12)16-15-17-14(19)10-8-9(18(20)21)6-7-13(10)23-15/h2-8H,1H3,(H,16,17,19). The number of para-hydroxylation sites is 2. The minimum Gasteiger partial charge on any atom is -0.495 e. The molecule has 0 bridgehead atoms. The summed E-state index contributed by atoms with van der Waals surface area (Å²) < 4.78 is 5.86. The summed E-state index contributed by atoms with van der Waals surface area (Å²) in [7, 11) is 1.55. The SMILES string of the molecule is COc1ccccc1Nc1nc(=O)c2cc([N+](=O)[O-])ccc2s1. The van der Waals surface area contributed by atoms with Gasteiger partial charge in [0.05, 0.1) is 23.1 Å². The maximum Gasteiger partial charge on any atom is 0.281 e. The first kappa shape index (κ1) is 14.9. The van der Waals surface area contributed by atoms with E-state index >= 15 is 0 Å². The zero-order chi connectivity index (χ0) is 16.4. The number of non-ortho nitro benzene ring substituents is 1. The highest BCUT2D eigenvalue weighted by molar-refractivity contribution is 7.21. The normalized spacial score (nSPS) is 10.5. The first-order valence-electron chi connectivity index (χ1n) is 6.58. The molecule has 8 heteroatoms. The third kappa shape index (κ3) is 2.97. The Morgan fingerprint density at radius 3 is 2.78 bits per heavy atom. The molecular weight excluding hydrogens is 318 g/mol. The number of hydrogen-bond acceptors (Lipinski definition) is 7. The molecule has 0 atom stereocenters. The van der Waals surface area contributed by atoms with Crippen LogP contribution in [0, 0.1) is 10.1 Å². The number of nitrogens with one attached hydrogen (secondary N) is 1. The summed E-state index contributed by atoms with van der Waals surface area (Å²) in [5.41, 5.74) is 0.0355. The second-order valence-corrected chi connectivity index (χ2v) is 5.62. The van der Waals surface area contributed by atoms with E-state index in [9.17, 15) is 14.9 Å². The topological polar surface area (TPSA) is 94.4 Å². The Kier molecular flexibility index (Phi) is 3.90.